The van der Waals surface area contributed by atoms with E-state index in [1.807, 2.05) is 16.7 Å². The van der Waals surface area contributed by atoms with Crippen LogP contribution in [0.4, 0.5) is 0 Å². The minimum absolute atomic E-state index is 0.676. The van der Waals surface area contributed by atoms with Crippen molar-refractivity contribution < 1.29 is 4.90 Å². The fourth-order valence-electron chi connectivity index (χ4n) is 1.84. The summed E-state index contributed by atoms with van der Waals surface area (Å²) in [5, 5.41) is 7.16. The van der Waals surface area contributed by atoms with Crippen molar-refractivity contribution in [3.8, 4) is 11.4 Å². The maximum atomic E-state index is 5.27. The van der Waals surface area contributed by atoms with Gasteiger partial charge >= 0.3 is 0 Å². The van der Waals surface area contributed by atoms with Crippen LogP contribution in [0.25, 0.3) is 11.4 Å². The standard InChI is InChI=1S/C12H17N5S/c1-16(2)8-3-9-17-11(14-15-12(17)18)10-4-6-13-7-5-10/h4-7H,3,8-9H2,1-2H3,(H,15,18)/p+1. The average molecular weight is 264 g/mol. The summed E-state index contributed by atoms with van der Waals surface area (Å²) in [6, 6.07) is 3.89. The number of H-pyrrole nitrogens is 1. The lowest BCUT2D eigenvalue weighted by atomic mass is 10.2. The molecule has 0 atom stereocenters. The normalized spacial score (nSPS) is 11.1. The van der Waals surface area contributed by atoms with Crippen molar-refractivity contribution in [2.24, 2.45) is 0 Å². The summed E-state index contributed by atoms with van der Waals surface area (Å²) in [4.78, 5) is 5.46. The number of quaternary nitrogens is 1. The Morgan fingerprint density at radius 3 is 2.72 bits per heavy atom. The molecule has 0 radical (unpaired) electrons. The molecule has 0 unspecified atom stereocenters. The topological polar surface area (TPSA) is 50.9 Å². The summed E-state index contributed by atoms with van der Waals surface area (Å²) in [6.45, 7) is 2.00. The first-order valence-corrected chi connectivity index (χ1v) is 6.44. The molecule has 0 aliphatic heterocycles. The van der Waals surface area contributed by atoms with Crippen LogP contribution < -0.4 is 4.90 Å². The van der Waals surface area contributed by atoms with E-state index in [4.69, 9.17) is 12.2 Å². The van der Waals surface area contributed by atoms with E-state index in [0.717, 1.165) is 30.9 Å². The van der Waals surface area contributed by atoms with Crippen LogP contribution in [0, 0.1) is 4.77 Å². The predicted octanol–water partition coefficient (Wildman–Crippen LogP) is 0.537. The van der Waals surface area contributed by atoms with Crippen LogP contribution in [0.1, 0.15) is 6.42 Å². The Hall–Kier alpha value is -1.53. The first-order valence-electron chi connectivity index (χ1n) is 6.03. The van der Waals surface area contributed by atoms with Gasteiger partial charge in [-0.15, -0.1) is 0 Å². The molecule has 0 amide bonds. The molecule has 2 rings (SSSR count). The van der Waals surface area contributed by atoms with Crippen LogP contribution in [0.15, 0.2) is 24.5 Å². The summed E-state index contributed by atoms with van der Waals surface area (Å²) < 4.78 is 2.73. The molecule has 0 spiro atoms. The van der Waals surface area contributed by atoms with Gasteiger partial charge in [0.2, 0.25) is 0 Å². The number of nitrogens with zero attached hydrogens (tertiary/aromatic N) is 3. The van der Waals surface area contributed by atoms with Crippen LogP contribution in [-0.4, -0.2) is 40.4 Å². The monoisotopic (exact) mass is 264 g/mol. The molecule has 0 aliphatic carbocycles. The molecule has 0 saturated heterocycles. The van der Waals surface area contributed by atoms with Gasteiger partial charge in [-0.1, -0.05) is 0 Å². The zero-order chi connectivity index (χ0) is 13.0. The average Bonchev–Trinajstić information content (AvgIpc) is 2.72. The van der Waals surface area contributed by atoms with E-state index in [1.165, 1.54) is 4.90 Å². The first-order chi connectivity index (χ1) is 8.68. The zero-order valence-electron chi connectivity index (χ0n) is 10.7. The second kappa shape index (κ2) is 5.88. The van der Waals surface area contributed by atoms with Gasteiger partial charge < -0.3 is 4.90 Å². The molecule has 0 aliphatic rings. The van der Waals surface area contributed by atoms with Gasteiger partial charge in [-0.2, -0.15) is 5.10 Å². The summed E-state index contributed by atoms with van der Waals surface area (Å²) in [6.07, 6.45) is 4.61. The van der Waals surface area contributed by atoms with E-state index in [-0.39, 0.29) is 0 Å². The predicted molar refractivity (Wildman–Crippen MR) is 72.9 cm³/mol. The van der Waals surface area contributed by atoms with E-state index < -0.39 is 0 Å². The number of hydrogen-bond acceptors (Lipinski definition) is 3. The highest BCUT2D eigenvalue weighted by Gasteiger charge is 2.08. The number of rotatable bonds is 5. The highest BCUT2D eigenvalue weighted by molar-refractivity contribution is 7.71. The highest BCUT2D eigenvalue weighted by atomic mass is 32.1. The molecule has 2 aromatic heterocycles. The van der Waals surface area contributed by atoms with Crippen molar-refractivity contribution in [3.63, 3.8) is 0 Å². The Morgan fingerprint density at radius 2 is 2.06 bits per heavy atom. The third-order valence-corrected chi connectivity index (χ3v) is 3.07. The Morgan fingerprint density at radius 1 is 1.33 bits per heavy atom. The minimum atomic E-state index is 0.676. The number of pyridine rings is 1. The first kappa shape index (κ1) is 12.9. The molecule has 0 bridgehead atoms. The van der Waals surface area contributed by atoms with Gasteiger partial charge in [0.1, 0.15) is 0 Å². The maximum Gasteiger partial charge on any atom is 0.195 e. The second-order valence-corrected chi connectivity index (χ2v) is 4.94. The number of aromatic amines is 1. The van der Waals surface area contributed by atoms with Crippen molar-refractivity contribution in [1.82, 2.24) is 19.7 Å². The van der Waals surface area contributed by atoms with Crippen LogP contribution in [-0.2, 0) is 6.54 Å². The van der Waals surface area contributed by atoms with Crippen molar-refractivity contribution in [2.75, 3.05) is 20.6 Å². The van der Waals surface area contributed by atoms with Gasteiger partial charge in [0.05, 0.1) is 20.6 Å². The molecule has 0 aromatic carbocycles. The summed E-state index contributed by atoms with van der Waals surface area (Å²) in [7, 11) is 4.30. The third-order valence-electron chi connectivity index (χ3n) is 2.76. The van der Waals surface area contributed by atoms with E-state index in [1.54, 1.807) is 12.4 Å². The largest absolute Gasteiger partial charge is 0.340 e. The van der Waals surface area contributed by atoms with E-state index in [2.05, 4.69) is 29.3 Å². The summed E-state index contributed by atoms with van der Waals surface area (Å²) in [5.41, 5.74) is 1.04. The molecule has 2 N–H and O–H groups in total. The molecular formula is C12H18N5S+. The number of hydrogen-bond donors (Lipinski definition) is 2. The molecule has 0 saturated carbocycles. The third kappa shape index (κ3) is 3.02. The van der Waals surface area contributed by atoms with Crippen molar-refractivity contribution >= 4 is 12.2 Å². The van der Waals surface area contributed by atoms with Gasteiger partial charge in [0.25, 0.3) is 0 Å². The Labute approximate surface area is 111 Å². The van der Waals surface area contributed by atoms with Crippen molar-refractivity contribution in [3.05, 3.63) is 29.3 Å². The molecule has 2 aromatic rings. The van der Waals surface area contributed by atoms with Crippen molar-refractivity contribution in [2.45, 2.75) is 13.0 Å². The van der Waals surface area contributed by atoms with E-state index in [9.17, 15) is 0 Å². The lowest BCUT2D eigenvalue weighted by Crippen LogP contribution is -3.05. The van der Waals surface area contributed by atoms with Gasteiger partial charge in [-0.3, -0.25) is 14.6 Å². The fraction of sp³-hybridized carbons (Fsp3) is 0.417. The molecule has 0 fully saturated rings. The van der Waals surface area contributed by atoms with Crippen molar-refractivity contribution in [1.29, 1.82) is 0 Å². The second-order valence-electron chi connectivity index (χ2n) is 4.55. The lowest BCUT2D eigenvalue weighted by Gasteiger charge is -2.09. The minimum Gasteiger partial charge on any atom is -0.340 e. The Bertz CT molecular complexity index is 543. The van der Waals surface area contributed by atoms with Gasteiger partial charge in [0.15, 0.2) is 10.6 Å². The van der Waals surface area contributed by atoms with E-state index >= 15 is 0 Å². The molecule has 18 heavy (non-hydrogen) atoms. The van der Waals surface area contributed by atoms with Crippen LogP contribution in [0.5, 0.6) is 0 Å². The quantitative estimate of drug-likeness (QED) is 0.775. The fourth-order valence-corrected chi connectivity index (χ4v) is 2.06. The van der Waals surface area contributed by atoms with Crippen LogP contribution in [0.3, 0.4) is 0 Å². The van der Waals surface area contributed by atoms with Crippen LogP contribution >= 0.6 is 12.2 Å². The Kier molecular flexibility index (Phi) is 4.22. The molecule has 96 valence electrons. The number of aromatic nitrogens is 4. The van der Waals surface area contributed by atoms with Gasteiger partial charge in [-0.25, -0.2) is 0 Å². The molecule has 2 heterocycles. The summed E-state index contributed by atoms with van der Waals surface area (Å²) in [5.74, 6) is 0.885. The molecule has 5 nitrogen and oxygen atoms in total. The molecule has 6 heteroatoms. The number of nitrogens with one attached hydrogen (secondary N) is 2. The smallest absolute Gasteiger partial charge is 0.195 e. The zero-order valence-corrected chi connectivity index (χ0v) is 11.5. The highest BCUT2D eigenvalue weighted by Crippen LogP contribution is 2.15. The van der Waals surface area contributed by atoms with E-state index in [0.29, 0.717) is 4.77 Å². The Balaban J connectivity index is 2.20. The van der Waals surface area contributed by atoms with Crippen LogP contribution in [0.2, 0.25) is 0 Å². The maximum absolute atomic E-state index is 5.27. The van der Waals surface area contributed by atoms with Gasteiger partial charge in [0, 0.05) is 30.9 Å². The summed E-state index contributed by atoms with van der Waals surface area (Å²) >= 11 is 5.27. The molecular weight excluding hydrogens is 246 g/mol. The van der Waals surface area contributed by atoms with Gasteiger partial charge in [-0.05, 0) is 24.4 Å². The lowest BCUT2D eigenvalue weighted by molar-refractivity contribution is -0.858. The SMILES string of the molecule is C[NH+](C)CCCn1c(-c2ccncc2)n[nH]c1=S.